The maximum absolute atomic E-state index is 12.3. The zero-order valence-electron chi connectivity index (χ0n) is 11.2. The van der Waals surface area contributed by atoms with Gasteiger partial charge in [-0.3, -0.25) is 4.79 Å². The van der Waals surface area contributed by atoms with Crippen LogP contribution in [0.1, 0.15) is 12.0 Å². The highest BCUT2D eigenvalue weighted by Gasteiger charge is 2.18. The number of hydrogen-bond donors (Lipinski definition) is 0. The van der Waals surface area contributed by atoms with E-state index in [-0.39, 0.29) is 5.91 Å². The molecule has 1 aliphatic rings. The number of rotatable bonds is 4. The van der Waals surface area contributed by atoms with Crippen LogP contribution in [0.3, 0.4) is 0 Å². The van der Waals surface area contributed by atoms with Gasteiger partial charge in [0.2, 0.25) is 5.91 Å². The van der Waals surface area contributed by atoms with E-state index >= 15 is 0 Å². The molecule has 0 radical (unpaired) electrons. The number of halogens is 1. The van der Waals surface area contributed by atoms with Crippen LogP contribution >= 0.6 is 11.6 Å². The molecule has 1 aromatic carbocycles. The van der Waals surface area contributed by atoms with Gasteiger partial charge in [0, 0.05) is 32.1 Å². The molecule has 0 atom stereocenters. The van der Waals surface area contributed by atoms with Crippen molar-refractivity contribution in [3.63, 3.8) is 0 Å². The largest absolute Gasteiger partial charge is 0.341 e. The van der Waals surface area contributed by atoms with Crippen molar-refractivity contribution in [1.29, 1.82) is 0 Å². The fourth-order valence-corrected chi connectivity index (χ4v) is 2.68. The summed E-state index contributed by atoms with van der Waals surface area (Å²) in [5.41, 5.74) is 1.09. The van der Waals surface area contributed by atoms with Crippen molar-refractivity contribution in [3.8, 4) is 0 Å². The van der Waals surface area contributed by atoms with Crippen molar-refractivity contribution in [3.05, 3.63) is 35.9 Å². The number of alkyl halides is 1. The molecule has 1 aromatic rings. The lowest BCUT2D eigenvalue weighted by Crippen LogP contribution is -2.36. The van der Waals surface area contributed by atoms with Crippen LogP contribution in [-0.2, 0) is 11.2 Å². The highest BCUT2D eigenvalue weighted by atomic mass is 35.5. The summed E-state index contributed by atoms with van der Waals surface area (Å²) >= 11 is 5.77. The summed E-state index contributed by atoms with van der Waals surface area (Å²) in [6.07, 6.45) is 1.55. The van der Waals surface area contributed by atoms with E-state index in [0.717, 1.165) is 44.7 Å². The number of carbonyl (C=O) groups is 1. The van der Waals surface area contributed by atoms with Crippen LogP contribution in [0.15, 0.2) is 30.3 Å². The Labute approximate surface area is 120 Å². The van der Waals surface area contributed by atoms with Crippen molar-refractivity contribution in [2.24, 2.45) is 0 Å². The lowest BCUT2D eigenvalue weighted by Gasteiger charge is -2.21. The summed E-state index contributed by atoms with van der Waals surface area (Å²) in [5.74, 6) is 0.900. The number of nitrogens with zero attached hydrogens (tertiary/aromatic N) is 2. The van der Waals surface area contributed by atoms with Gasteiger partial charge in [-0.1, -0.05) is 30.3 Å². The van der Waals surface area contributed by atoms with E-state index in [1.165, 1.54) is 0 Å². The maximum Gasteiger partial charge on any atom is 0.227 e. The topological polar surface area (TPSA) is 23.6 Å². The predicted molar refractivity (Wildman–Crippen MR) is 78.5 cm³/mol. The van der Waals surface area contributed by atoms with E-state index < -0.39 is 0 Å². The van der Waals surface area contributed by atoms with Crippen molar-refractivity contribution in [2.75, 3.05) is 38.6 Å². The van der Waals surface area contributed by atoms with Gasteiger partial charge in [-0.05, 0) is 18.5 Å². The summed E-state index contributed by atoms with van der Waals surface area (Å²) in [6.45, 7) is 4.59. The molecule has 3 nitrogen and oxygen atoms in total. The van der Waals surface area contributed by atoms with E-state index in [4.69, 9.17) is 11.6 Å². The molecular formula is C15H21ClN2O. The molecule has 2 rings (SSSR count). The van der Waals surface area contributed by atoms with Crippen LogP contribution < -0.4 is 0 Å². The van der Waals surface area contributed by atoms with Crippen LogP contribution in [0.4, 0.5) is 0 Å². The van der Waals surface area contributed by atoms with Gasteiger partial charge in [0.25, 0.3) is 0 Å². The minimum Gasteiger partial charge on any atom is -0.341 e. The fourth-order valence-electron chi connectivity index (χ4n) is 2.45. The van der Waals surface area contributed by atoms with Gasteiger partial charge in [-0.2, -0.15) is 0 Å². The van der Waals surface area contributed by atoms with Crippen LogP contribution in [0.5, 0.6) is 0 Å². The standard InChI is InChI=1S/C15H21ClN2O/c16-7-10-17-8-4-9-18(12-11-17)15(19)13-14-5-2-1-3-6-14/h1-3,5-6H,4,7-13H2. The quantitative estimate of drug-likeness (QED) is 0.788. The Balaban J connectivity index is 1.86. The zero-order valence-corrected chi connectivity index (χ0v) is 12.0. The minimum atomic E-state index is 0.235. The van der Waals surface area contributed by atoms with Crippen molar-refractivity contribution >= 4 is 17.5 Å². The van der Waals surface area contributed by atoms with Gasteiger partial charge in [-0.15, -0.1) is 11.6 Å². The van der Waals surface area contributed by atoms with Gasteiger partial charge in [0.15, 0.2) is 0 Å². The molecule has 104 valence electrons. The third-order valence-electron chi connectivity index (χ3n) is 3.54. The average Bonchev–Trinajstić information content (AvgIpc) is 2.66. The first-order valence-electron chi connectivity index (χ1n) is 6.89. The normalized spacial score (nSPS) is 17.2. The fraction of sp³-hybridized carbons (Fsp3) is 0.533. The zero-order chi connectivity index (χ0) is 13.5. The molecule has 0 bridgehead atoms. The van der Waals surface area contributed by atoms with Crippen molar-refractivity contribution in [1.82, 2.24) is 9.80 Å². The molecule has 19 heavy (non-hydrogen) atoms. The van der Waals surface area contributed by atoms with Gasteiger partial charge in [0.05, 0.1) is 6.42 Å². The maximum atomic E-state index is 12.3. The molecule has 1 fully saturated rings. The molecule has 4 heteroatoms. The van der Waals surface area contributed by atoms with E-state index in [9.17, 15) is 4.79 Å². The molecule has 0 unspecified atom stereocenters. The predicted octanol–water partition coefficient (Wildman–Crippen LogP) is 2.00. The van der Waals surface area contributed by atoms with Crippen LogP contribution in [0.2, 0.25) is 0 Å². The number of amides is 1. The Morgan fingerprint density at radius 2 is 1.89 bits per heavy atom. The lowest BCUT2D eigenvalue weighted by atomic mass is 10.1. The third kappa shape index (κ3) is 4.51. The number of benzene rings is 1. The molecule has 1 saturated heterocycles. The van der Waals surface area contributed by atoms with Crippen LogP contribution in [0, 0.1) is 0 Å². The smallest absolute Gasteiger partial charge is 0.227 e. The molecule has 0 spiro atoms. The second-order valence-corrected chi connectivity index (χ2v) is 5.31. The number of hydrogen-bond acceptors (Lipinski definition) is 2. The van der Waals surface area contributed by atoms with Gasteiger partial charge in [-0.25, -0.2) is 0 Å². The molecule has 0 aromatic heterocycles. The molecule has 0 N–H and O–H groups in total. The first-order valence-corrected chi connectivity index (χ1v) is 7.43. The van der Waals surface area contributed by atoms with Gasteiger partial charge >= 0.3 is 0 Å². The lowest BCUT2D eigenvalue weighted by molar-refractivity contribution is -0.130. The van der Waals surface area contributed by atoms with E-state index in [1.54, 1.807) is 0 Å². The Kier molecular flexibility index (Phi) is 5.67. The monoisotopic (exact) mass is 280 g/mol. The van der Waals surface area contributed by atoms with E-state index in [1.807, 2.05) is 35.2 Å². The second kappa shape index (κ2) is 7.51. The Morgan fingerprint density at radius 1 is 1.11 bits per heavy atom. The Bertz CT molecular complexity index is 396. The highest BCUT2D eigenvalue weighted by molar-refractivity contribution is 6.18. The highest BCUT2D eigenvalue weighted by Crippen LogP contribution is 2.07. The van der Waals surface area contributed by atoms with Crippen LogP contribution in [-0.4, -0.2) is 54.3 Å². The first-order chi connectivity index (χ1) is 9.29. The molecule has 1 heterocycles. The second-order valence-electron chi connectivity index (χ2n) is 4.93. The van der Waals surface area contributed by atoms with Crippen LogP contribution in [0.25, 0.3) is 0 Å². The SMILES string of the molecule is O=C(Cc1ccccc1)N1CCCN(CCCl)CC1. The minimum absolute atomic E-state index is 0.235. The Hall–Kier alpha value is -1.06. The summed E-state index contributed by atoms with van der Waals surface area (Å²) < 4.78 is 0. The summed E-state index contributed by atoms with van der Waals surface area (Å²) in [5, 5.41) is 0. The summed E-state index contributed by atoms with van der Waals surface area (Å²) in [4.78, 5) is 16.6. The summed E-state index contributed by atoms with van der Waals surface area (Å²) in [7, 11) is 0. The van der Waals surface area contributed by atoms with E-state index in [2.05, 4.69) is 4.90 Å². The molecule has 1 amide bonds. The van der Waals surface area contributed by atoms with Gasteiger partial charge in [0.1, 0.15) is 0 Å². The molecule has 0 aliphatic carbocycles. The van der Waals surface area contributed by atoms with Gasteiger partial charge < -0.3 is 9.80 Å². The van der Waals surface area contributed by atoms with Crippen molar-refractivity contribution < 1.29 is 4.79 Å². The Morgan fingerprint density at radius 3 is 2.63 bits per heavy atom. The molecule has 1 aliphatic heterocycles. The first kappa shape index (κ1) is 14.4. The third-order valence-corrected chi connectivity index (χ3v) is 3.71. The average molecular weight is 281 g/mol. The van der Waals surface area contributed by atoms with Crippen molar-refractivity contribution in [2.45, 2.75) is 12.8 Å². The van der Waals surface area contributed by atoms with E-state index in [0.29, 0.717) is 12.3 Å². The summed E-state index contributed by atoms with van der Waals surface area (Å²) in [6, 6.07) is 9.95. The number of carbonyl (C=O) groups excluding carboxylic acids is 1. The molecule has 0 saturated carbocycles. The molecular weight excluding hydrogens is 260 g/mol.